The summed E-state index contributed by atoms with van der Waals surface area (Å²) in [5, 5.41) is 4.14. The van der Waals surface area contributed by atoms with Crippen LogP contribution >= 0.6 is 11.3 Å². The zero-order chi connectivity index (χ0) is 16.4. The van der Waals surface area contributed by atoms with Gasteiger partial charge in [0.1, 0.15) is 5.01 Å². The molecule has 0 radical (unpaired) electrons. The number of benzene rings is 1. The molecule has 0 aliphatic rings. The van der Waals surface area contributed by atoms with Gasteiger partial charge in [-0.15, -0.1) is 11.3 Å². The van der Waals surface area contributed by atoms with Crippen molar-refractivity contribution in [1.29, 1.82) is 0 Å². The van der Waals surface area contributed by atoms with Gasteiger partial charge in [-0.2, -0.15) is 0 Å². The van der Waals surface area contributed by atoms with Gasteiger partial charge in [-0.1, -0.05) is 18.2 Å². The van der Waals surface area contributed by atoms with Crippen molar-refractivity contribution in [1.82, 2.24) is 14.5 Å². The Kier molecular flexibility index (Phi) is 4.48. The maximum Gasteiger partial charge on any atom is 0.224 e. The van der Waals surface area contributed by atoms with Crippen LogP contribution in [0.2, 0.25) is 0 Å². The third kappa shape index (κ3) is 3.15. The molecule has 120 valence electrons. The lowest BCUT2D eigenvalue weighted by molar-refractivity contribution is -0.132. The molecular formula is C18H21N3OS. The van der Waals surface area contributed by atoms with E-state index in [1.54, 1.807) is 22.4 Å². The first kappa shape index (κ1) is 15.7. The van der Waals surface area contributed by atoms with Crippen molar-refractivity contribution < 1.29 is 4.79 Å². The quantitative estimate of drug-likeness (QED) is 0.710. The van der Waals surface area contributed by atoms with Crippen molar-refractivity contribution >= 4 is 28.1 Å². The van der Waals surface area contributed by atoms with E-state index >= 15 is 0 Å². The number of carbonyl (C=O) groups is 1. The highest BCUT2D eigenvalue weighted by Gasteiger charge is 2.19. The summed E-state index contributed by atoms with van der Waals surface area (Å²) in [6.07, 6.45) is 2.27. The van der Waals surface area contributed by atoms with Crippen molar-refractivity contribution in [3.05, 3.63) is 52.6 Å². The second-order valence-electron chi connectivity index (χ2n) is 5.80. The fourth-order valence-electron chi connectivity index (χ4n) is 2.85. The predicted molar refractivity (Wildman–Crippen MR) is 94.6 cm³/mol. The van der Waals surface area contributed by atoms with Gasteiger partial charge >= 0.3 is 0 Å². The minimum atomic E-state index is 0.0185. The van der Waals surface area contributed by atoms with Gasteiger partial charge in [-0.3, -0.25) is 4.79 Å². The van der Waals surface area contributed by atoms with Gasteiger partial charge < -0.3 is 9.47 Å². The smallest absolute Gasteiger partial charge is 0.224 e. The topological polar surface area (TPSA) is 38.1 Å². The van der Waals surface area contributed by atoms with Crippen molar-refractivity contribution in [3.63, 3.8) is 0 Å². The lowest BCUT2D eigenvalue weighted by Crippen LogP contribution is -2.30. The van der Waals surface area contributed by atoms with E-state index in [1.807, 2.05) is 31.5 Å². The number of rotatable bonds is 5. The zero-order valence-corrected chi connectivity index (χ0v) is 14.5. The molecule has 23 heavy (non-hydrogen) atoms. The standard InChI is InChI=1S/C18H21N3OS/c1-13-12-15-6-4-5-7-16(15)21(13)10-8-17(22)20(3)14(2)18-19-9-11-23-18/h4-7,9,11-12,14H,8,10H2,1-3H3/t14-/m0/s1. The van der Waals surface area contributed by atoms with Gasteiger partial charge in [0.05, 0.1) is 6.04 Å². The summed E-state index contributed by atoms with van der Waals surface area (Å²) in [6, 6.07) is 10.5. The van der Waals surface area contributed by atoms with Crippen LogP contribution in [0.5, 0.6) is 0 Å². The molecule has 1 aromatic carbocycles. The molecule has 3 aromatic rings. The number of para-hydroxylation sites is 1. The molecule has 0 aliphatic heterocycles. The molecule has 2 heterocycles. The van der Waals surface area contributed by atoms with Gasteiger partial charge in [0.2, 0.25) is 5.91 Å². The molecule has 4 nitrogen and oxygen atoms in total. The van der Waals surface area contributed by atoms with Gasteiger partial charge in [-0.05, 0) is 31.4 Å². The number of fused-ring (bicyclic) bond motifs is 1. The lowest BCUT2D eigenvalue weighted by Gasteiger charge is -2.23. The Hall–Kier alpha value is -2.14. The normalized spacial score (nSPS) is 12.5. The summed E-state index contributed by atoms with van der Waals surface area (Å²) in [7, 11) is 1.86. The van der Waals surface area contributed by atoms with E-state index in [2.05, 4.69) is 34.7 Å². The number of aryl methyl sites for hydroxylation is 2. The minimum absolute atomic E-state index is 0.0185. The first-order valence-corrected chi connectivity index (χ1v) is 8.66. The van der Waals surface area contributed by atoms with E-state index in [-0.39, 0.29) is 11.9 Å². The molecular weight excluding hydrogens is 306 g/mol. The van der Waals surface area contributed by atoms with Crippen LogP contribution in [0.1, 0.15) is 30.1 Å². The van der Waals surface area contributed by atoms with E-state index < -0.39 is 0 Å². The van der Waals surface area contributed by atoms with Crippen molar-refractivity contribution in [3.8, 4) is 0 Å². The van der Waals surface area contributed by atoms with Crippen LogP contribution in [0.3, 0.4) is 0 Å². The lowest BCUT2D eigenvalue weighted by atomic mass is 10.2. The molecule has 0 unspecified atom stereocenters. The molecule has 5 heteroatoms. The fraction of sp³-hybridized carbons (Fsp3) is 0.333. The van der Waals surface area contributed by atoms with Crippen LogP contribution in [0.4, 0.5) is 0 Å². The van der Waals surface area contributed by atoms with Crippen LogP contribution < -0.4 is 0 Å². The molecule has 0 N–H and O–H groups in total. The van der Waals surface area contributed by atoms with Crippen LogP contribution in [-0.2, 0) is 11.3 Å². The first-order chi connectivity index (χ1) is 11.1. The molecule has 3 rings (SSSR count). The summed E-state index contributed by atoms with van der Waals surface area (Å²) >= 11 is 1.59. The van der Waals surface area contributed by atoms with E-state index in [9.17, 15) is 4.79 Å². The molecule has 0 fully saturated rings. The maximum atomic E-state index is 12.5. The van der Waals surface area contributed by atoms with Gasteiger partial charge in [-0.25, -0.2) is 4.98 Å². The third-order valence-electron chi connectivity index (χ3n) is 4.35. The minimum Gasteiger partial charge on any atom is -0.344 e. The number of hydrogen-bond acceptors (Lipinski definition) is 3. The molecule has 0 saturated carbocycles. The van der Waals surface area contributed by atoms with Crippen molar-refractivity contribution in [2.24, 2.45) is 0 Å². The number of nitrogens with zero attached hydrogens (tertiary/aromatic N) is 3. The number of aromatic nitrogens is 2. The molecule has 0 bridgehead atoms. The van der Waals surface area contributed by atoms with Crippen LogP contribution in [0, 0.1) is 6.92 Å². The molecule has 0 saturated heterocycles. The first-order valence-electron chi connectivity index (χ1n) is 7.78. The highest BCUT2D eigenvalue weighted by molar-refractivity contribution is 7.09. The zero-order valence-electron chi connectivity index (χ0n) is 13.7. The average molecular weight is 327 g/mol. The number of carbonyl (C=O) groups excluding carboxylic acids is 1. The van der Waals surface area contributed by atoms with Crippen molar-refractivity contribution in [2.75, 3.05) is 7.05 Å². The highest BCUT2D eigenvalue weighted by atomic mass is 32.1. The number of hydrogen-bond donors (Lipinski definition) is 0. The van der Waals surface area contributed by atoms with Gasteiger partial charge in [0, 0.05) is 42.8 Å². The highest BCUT2D eigenvalue weighted by Crippen LogP contribution is 2.23. The van der Waals surface area contributed by atoms with Gasteiger partial charge in [0.25, 0.3) is 0 Å². The monoisotopic (exact) mass is 327 g/mol. The summed E-state index contributed by atoms with van der Waals surface area (Å²) in [4.78, 5) is 18.6. The van der Waals surface area contributed by atoms with E-state index in [0.717, 1.165) is 5.01 Å². The third-order valence-corrected chi connectivity index (χ3v) is 5.30. The Labute approximate surface area is 140 Å². The van der Waals surface area contributed by atoms with Gasteiger partial charge in [0.15, 0.2) is 0 Å². The average Bonchev–Trinajstić information content (AvgIpc) is 3.18. The number of thiazole rings is 1. The Balaban J connectivity index is 1.69. The summed E-state index contributed by atoms with van der Waals surface area (Å²) in [5.74, 6) is 0.143. The summed E-state index contributed by atoms with van der Waals surface area (Å²) in [5.41, 5.74) is 2.38. The van der Waals surface area contributed by atoms with Crippen LogP contribution in [-0.4, -0.2) is 27.4 Å². The van der Waals surface area contributed by atoms with E-state index in [1.165, 1.54) is 16.6 Å². The molecule has 0 spiro atoms. The molecule has 0 aliphatic carbocycles. The fourth-order valence-corrected chi connectivity index (χ4v) is 3.59. The SMILES string of the molecule is Cc1cc2ccccc2n1CCC(=O)N(C)[C@@H](C)c1nccs1. The molecule has 1 atom stereocenters. The molecule has 1 amide bonds. The van der Waals surface area contributed by atoms with Crippen LogP contribution in [0.15, 0.2) is 41.9 Å². The summed E-state index contributed by atoms with van der Waals surface area (Å²) < 4.78 is 2.22. The predicted octanol–water partition coefficient (Wildman–Crippen LogP) is 4.02. The van der Waals surface area contributed by atoms with E-state index in [4.69, 9.17) is 0 Å². The summed E-state index contributed by atoms with van der Waals surface area (Å²) in [6.45, 7) is 4.81. The largest absolute Gasteiger partial charge is 0.344 e. The maximum absolute atomic E-state index is 12.5. The Bertz CT molecular complexity index is 807. The number of amides is 1. The Morgan fingerprint density at radius 2 is 2.17 bits per heavy atom. The molecule has 2 aromatic heterocycles. The van der Waals surface area contributed by atoms with Crippen LogP contribution in [0.25, 0.3) is 10.9 Å². The Morgan fingerprint density at radius 3 is 2.91 bits per heavy atom. The second-order valence-corrected chi connectivity index (χ2v) is 6.72. The Morgan fingerprint density at radius 1 is 1.39 bits per heavy atom. The second kappa shape index (κ2) is 6.54. The van der Waals surface area contributed by atoms with Crippen molar-refractivity contribution in [2.45, 2.75) is 32.9 Å². The van der Waals surface area contributed by atoms with E-state index in [0.29, 0.717) is 13.0 Å².